The quantitative estimate of drug-likeness (QED) is 0.264. The van der Waals surface area contributed by atoms with Gasteiger partial charge in [-0.15, -0.1) is 0 Å². The summed E-state index contributed by atoms with van der Waals surface area (Å²) < 4.78 is 7.23. The Morgan fingerprint density at radius 2 is 2.12 bits per heavy atom. The lowest BCUT2D eigenvalue weighted by Gasteiger charge is -2.26. The van der Waals surface area contributed by atoms with Gasteiger partial charge in [-0.05, 0) is 45.0 Å². The van der Waals surface area contributed by atoms with E-state index in [1.807, 2.05) is 24.6 Å². The summed E-state index contributed by atoms with van der Waals surface area (Å²) >= 11 is 0. The van der Waals surface area contributed by atoms with Crippen molar-refractivity contribution in [2.75, 3.05) is 44.7 Å². The van der Waals surface area contributed by atoms with Crippen molar-refractivity contribution in [2.45, 2.75) is 26.8 Å². The normalized spacial score (nSPS) is 14.3. The number of ether oxygens (including phenoxy) is 1. The average Bonchev–Trinajstić information content (AvgIpc) is 3.48. The van der Waals surface area contributed by atoms with Crippen LogP contribution >= 0.6 is 0 Å². The molecule has 180 valence electrons. The molecule has 0 unspecified atom stereocenters. The number of aryl methyl sites for hydroxylation is 2. The smallest absolute Gasteiger partial charge is 0.248 e. The summed E-state index contributed by atoms with van der Waals surface area (Å²) in [5, 5.41) is 23.2. The predicted molar refractivity (Wildman–Crippen MR) is 130 cm³/mol. The van der Waals surface area contributed by atoms with Crippen LogP contribution in [0.4, 0.5) is 5.69 Å². The fraction of sp³-hybridized carbons (Fsp3) is 0.435. The molecule has 11 heteroatoms. The van der Waals surface area contributed by atoms with E-state index in [0.29, 0.717) is 47.1 Å². The summed E-state index contributed by atoms with van der Waals surface area (Å²) in [6.45, 7) is 9.68. The molecule has 1 aromatic carbocycles. The van der Waals surface area contributed by atoms with Crippen molar-refractivity contribution < 1.29 is 9.53 Å². The Morgan fingerprint density at radius 1 is 1.32 bits per heavy atom. The first-order valence-corrected chi connectivity index (χ1v) is 11.5. The van der Waals surface area contributed by atoms with Gasteiger partial charge in [0.25, 0.3) is 0 Å². The highest BCUT2D eigenvalue weighted by atomic mass is 16.5. The van der Waals surface area contributed by atoms with E-state index in [0.717, 1.165) is 50.7 Å². The molecular formula is C23H31N9O2. The van der Waals surface area contributed by atoms with Crippen LogP contribution in [-0.4, -0.2) is 81.4 Å². The minimum atomic E-state index is -0.548. The third-order valence-corrected chi connectivity index (χ3v) is 5.85. The summed E-state index contributed by atoms with van der Waals surface area (Å²) in [5.74, 6) is 0.404. The van der Waals surface area contributed by atoms with Gasteiger partial charge in [-0.1, -0.05) is 0 Å². The van der Waals surface area contributed by atoms with E-state index in [-0.39, 0.29) is 0 Å². The number of nitrogens with one attached hydrogen (secondary N) is 3. The van der Waals surface area contributed by atoms with Gasteiger partial charge < -0.3 is 21.2 Å². The van der Waals surface area contributed by atoms with Gasteiger partial charge in [0.15, 0.2) is 11.6 Å². The Labute approximate surface area is 198 Å². The Hall–Kier alpha value is -3.57. The Morgan fingerprint density at radius 3 is 2.82 bits per heavy atom. The highest BCUT2D eigenvalue weighted by Gasteiger charge is 2.19. The molecule has 0 aliphatic carbocycles. The topological polar surface area (TPSA) is 151 Å². The fourth-order valence-corrected chi connectivity index (χ4v) is 4.11. The van der Waals surface area contributed by atoms with E-state index in [2.05, 4.69) is 30.5 Å². The zero-order valence-corrected chi connectivity index (χ0v) is 19.6. The van der Waals surface area contributed by atoms with Crippen molar-refractivity contribution in [2.24, 2.45) is 5.73 Å². The zero-order chi connectivity index (χ0) is 24.1. The number of anilines is 1. The summed E-state index contributed by atoms with van der Waals surface area (Å²) in [4.78, 5) is 19.1. The number of H-pyrrole nitrogens is 1. The van der Waals surface area contributed by atoms with Crippen molar-refractivity contribution >= 4 is 17.8 Å². The van der Waals surface area contributed by atoms with Gasteiger partial charge in [-0.3, -0.25) is 19.5 Å². The van der Waals surface area contributed by atoms with Gasteiger partial charge in [-0.2, -0.15) is 10.2 Å². The van der Waals surface area contributed by atoms with E-state index >= 15 is 0 Å². The van der Waals surface area contributed by atoms with Gasteiger partial charge in [-0.25, -0.2) is 4.98 Å². The number of hydrogen-bond donors (Lipinski definition) is 4. The maximum Gasteiger partial charge on any atom is 0.248 e. The van der Waals surface area contributed by atoms with Gasteiger partial charge in [0.05, 0.1) is 18.9 Å². The predicted octanol–water partition coefficient (Wildman–Crippen LogP) is 1.89. The highest BCUT2D eigenvalue weighted by Crippen LogP contribution is 2.29. The molecule has 11 nitrogen and oxygen atoms in total. The molecule has 0 radical (unpaired) electrons. The number of morpholine rings is 1. The second-order valence-corrected chi connectivity index (χ2v) is 8.22. The second-order valence-electron chi connectivity index (χ2n) is 8.22. The number of aromatic nitrogens is 5. The van der Waals surface area contributed by atoms with Crippen LogP contribution in [0.15, 0.2) is 18.2 Å². The van der Waals surface area contributed by atoms with Gasteiger partial charge in [0, 0.05) is 54.8 Å². The monoisotopic (exact) mass is 465 g/mol. The number of carbonyl (C=O) groups is 1. The molecule has 1 saturated heterocycles. The first-order chi connectivity index (χ1) is 16.5. The van der Waals surface area contributed by atoms with Crippen molar-refractivity contribution in [3.63, 3.8) is 0 Å². The number of amides is 1. The maximum atomic E-state index is 12.0. The number of nitrogens with zero attached hydrogens (tertiary/aromatic N) is 5. The molecule has 1 fully saturated rings. The molecule has 1 amide bonds. The van der Waals surface area contributed by atoms with Crippen LogP contribution in [0.2, 0.25) is 0 Å². The van der Waals surface area contributed by atoms with Crippen molar-refractivity contribution in [1.29, 1.82) is 5.41 Å². The van der Waals surface area contributed by atoms with E-state index in [9.17, 15) is 4.79 Å². The molecule has 2 aromatic heterocycles. The number of hydrogen-bond acceptors (Lipinski definition) is 8. The van der Waals surface area contributed by atoms with Crippen LogP contribution in [0.1, 0.15) is 35.0 Å². The Bertz CT molecular complexity index is 1160. The fourth-order valence-electron chi connectivity index (χ4n) is 4.11. The minimum absolute atomic E-state index is 0.337. The molecule has 0 spiro atoms. The first kappa shape index (κ1) is 23.6. The number of benzene rings is 1. The lowest BCUT2D eigenvalue weighted by molar-refractivity contribution is 0.0378. The minimum Gasteiger partial charge on any atom is -0.384 e. The number of primary amides is 1. The molecule has 34 heavy (non-hydrogen) atoms. The summed E-state index contributed by atoms with van der Waals surface area (Å²) in [6, 6.07) is 5.26. The molecule has 4 rings (SSSR count). The lowest BCUT2D eigenvalue weighted by atomic mass is 10.0. The number of nitrogens with two attached hydrogens (primary N) is 1. The molecule has 0 atom stereocenters. The molecule has 1 aliphatic rings. The first-order valence-electron chi connectivity index (χ1n) is 11.5. The second kappa shape index (κ2) is 10.6. The largest absolute Gasteiger partial charge is 0.384 e. The van der Waals surface area contributed by atoms with Crippen LogP contribution in [0.3, 0.4) is 0 Å². The van der Waals surface area contributed by atoms with E-state index in [1.165, 1.54) is 6.21 Å². The third-order valence-electron chi connectivity index (χ3n) is 5.85. The van der Waals surface area contributed by atoms with Crippen LogP contribution < -0.4 is 11.1 Å². The summed E-state index contributed by atoms with van der Waals surface area (Å²) in [6.07, 6.45) is 2.17. The molecule has 3 aromatic rings. The van der Waals surface area contributed by atoms with Crippen molar-refractivity contribution in [3.05, 3.63) is 35.0 Å². The van der Waals surface area contributed by atoms with Crippen molar-refractivity contribution in [3.8, 4) is 22.9 Å². The van der Waals surface area contributed by atoms with Gasteiger partial charge in [0.1, 0.15) is 5.69 Å². The molecule has 5 N–H and O–H groups in total. The van der Waals surface area contributed by atoms with E-state index in [4.69, 9.17) is 15.9 Å². The molecule has 1 aliphatic heterocycles. The molecular weight excluding hydrogens is 434 g/mol. The molecule has 0 bridgehead atoms. The van der Waals surface area contributed by atoms with Gasteiger partial charge >= 0.3 is 0 Å². The Kier molecular flexibility index (Phi) is 7.33. The van der Waals surface area contributed by atoms with E-state index < -0.39 is 5.91 Å². The van der Waals surface area contributed by atoms with Crippen LogP contribution in [0, 0.1) is 12.3 Å². The Balaban J connectivity index is 1.59. The van der Waals surface area contributed by atoms with Crippen LogP contribution in [0.5, 0.6) is 0 Å². The molecule has 0 saturated carbocycles. The number of rotatable bonds is 10. The summed E-state index contributed by atoms with van der Waals surface area (Å²) in [7, 11) is 0. The van der Waals surface area contributed by atoms with Gasteiger partial charge in [0.2, 0.25) is 5.91 Å². The lowest BCUT2D eigenvalue weighted by Crippen LogP contribution is -2.37. The highest BCUT2D eigenvalue weighted by molar-refractivity contribution is 6.01. The van der Waals surface area contributed by atoms with Crippen LogP contribution in [0.25, 0.3) is 22.9 Å². The number of aromatic amines is 1. The standard InChI is InChI=1S/C23H31N9O2/c1-3-32-20(11-15(2)30-32)23-27-22(28-29-23)17-12-16(21(25)33)13-19(18(17)14-24)26-5-4-6-31-7-9-34-10-8-31/h11-14,24,26H,3-10H2,1-2H3,(H2,25,33)(H,27,28,29). The SMILES string of the molecule is CCn1nc(C)cc1-c1n[nH]c(-c2cc(C(N)=O)cc(NCCCN3CCOCC3)c2C=N)n1. The van der Waals surface area contributed by atoms with Crippen molar-refractivity contribution in [1.82, 2.24) is 29.9 Å². The number of carbonyl (C=O) groups excluding carboxylic acids is 1. The summed E-state index contributed by atoms with van der Waals surface area (Å²) in [5.41, 5.74) is 9.48. The average molecular weight is 466 g/mol. The van der Waals surface area contributed by atoms with Crippen LogP contribution in [-0.2, 0) is 11.3 Å². The maximum absolute atomic E-state index is 12.0. The van der Waals surface area contributed by atoms with E-state index in [1.54, 1.807) is 12.1 Å². The molecule has 3 heterocycles. The third kappa shape index (κ3) is 5.15. The zero-order valence-electron chi connectivity index (χ0n) is 19.6.